The fourth-order valence-corrected chi connectivity index (χ4v) is 4.92. The number of rotatable bonds is 5. The second-order valence-corrected chi connectivity index (χ2v) is 8.93. The summed E-state index contributed by atoms with van der Waals surface area (Å²) in [7, 11) is 0. The predicted octanol–water partition coefficient (Wildman–Crippen LogP) is 4.36. The Morgan fingerprint density at radius 3 is 2.39 bits per heavy atom. The predicted molar refractivity (Wildman–Crippen MR) is 129 cm³/mol. The van der Waals surface area contributed by atoms with Crippen LogP contribution >= 0.6 is 0 Å². The number of nitrogens with zero attached hydrogens (tertiary/aromatic N) is 3. The van der Waals surface area contributed by atoms with Crippen molar-refractivity contribution in [2.45, 2.75) is 18.8 Å². The van der Waals surface area contributed by atoms with E-state index in [1.807, 2.05) is 97.1 Å². The molecule has 5 heteroatoms. The summed E-state index contributed by atoms with van der Waals surface area (Å²) < 4.78 is 8.04. The molecule has 1 unspecified atom stereocenters. The lowest BCUT2D eigenvalue weighted by molar-refractivity contribution is -0.135. The highest BCUT2D eigenvalue weighted by atomic mass is 16.5. The number of amides is 1. The van der Waals surface area contributed by atoms with E-state index in [1.54, 1.807) is 0 Å². The third-order valence-electron chi connectivity index (χ3n) is 6.77. The summed E-state index contributed by atoms with van der Waals surface area (Å²) in [5, 5.41) is 0. The minimum atomic E-state index is -0.767. The molecule has 168 valence electrons. The summed E-state index contributed by atoms with van der Waals surface area (Å²) in [5.74, 6) is 0.296. The summed E-state index contributed by atoms with van der Waals surface area (Å²) >= 11 is 0. The quantitative estimate of drug-likeness (QED) is 0.464. The molecular weight excluding hydrogens is 410 g/mol. The van der Waals surface area contributed by atoms with Crippen LogP contribution in [-0.2, 0) is 21.4 Å². The number of hydrogen-bond donors (Lipinski definition) is 0. The van der Waals surface area contributed by atoms with E-state index < -0.39 is 5.41 Å². The van der Waals surface area contributed by atoms with Crippen LogP contribution in [-0.4, -0.2) is 46.5 Å². The topological polar surface area (TPSA) is 46.8 Å². The average Bonchev–Trinajstić information content (AvgIpc) is 3.24. The summed E-state index contributed by atoms with van der Waals surface area (Å²) in [6.07, 6.45) is 6.60. The minimum absolute atomic E-state index is 0.115. The number of aromatic nitrogens is 2. The second kappa shape index (κ2) is 9.20. The fourth-order valence-electron chi connectivity index (χ4n) is 4.92. The molecule has 33 heavy (non-hydrogen) atoms. The molecule has 3 heterocycles. The van der Waals surface area contributed by atoms with Crippen LogP contribution < -0.4 is 0 Å². The van der Waals surface area contributed by atoms with Gasteiger partial charge in [-0.1, -0.05) is 60.7 Å². The van der Waals surface area contributed by atoms with Gasteiger partial charge in [-0.2, -0.15) is 0 Å². The van der Waals surface area contributed by atoms with Gasteiger partial charge < -0.3 is 14.0 Å². The molecule has 2 aromatic heterocycles. The maximum absolute atomic E-state index is 14.2. The van der Waals surface area contributed by atoms with Crippen LogP contribution in [0, 0.1) is 5.92 Å². The largest absolute Gasteiger partial charge is 0.379 e. The van der Waals surface area contributed by atoms with Crippen LogP contribution in [0.25, 0.3) is 5.52 Å². The second-order valence-electron chi connectivity index (χ2n) is 8.93. The first-order chi connectivity index (χ1) is 16.2. The zero-order valence-corrected chi connectivity index (χ0v) is 18.9. The molecule has 0 spiro atoms. The van der Waals surface area contributed by atoms with Crippen LogP contribution in [0.4, 0.5) is 0 Å². The first-order valence-electron chi connectivity index (χ1n) is 11.5. The summed E-state index contributed by atoms with van der Waals surface area (Å²) in [5.41, 5.74) is 3.39. The van der Waals surface area contributed by atoms with Crippen molar-refractivity contribution in [3.63, 3.8) is 0 Å². The number of fused-ring (bicyclic) bond motifs is 1. The summed E-state index contributed by atoms with van der Waals surface area (Å²) in [6.45, 7) is 4.46. The van der Waals surface area contributed by atoms with Crippen molar-refractivity contribution in [1.29, 1.82) is 0 Å². The molecule has 1 fully saturated rings. The van der Waals surface area contributed by atoms with E-state index in [0.717, 1.165) is 28.8 Å². The third kappa shape index (κ3) is 4.16. The van der Waals surface area contributed by atoms with E-state index in [2.05, 4.69) is 15.5 Å². The van der Waals surface area contributed by atoms with Crippen molar-refractivity contribution in [2.24, 2.45) is 5.92 Å². The Morgan fingerprint density at radius 1 is 1.00 bits per heavy atom. The molecule has 0 aliphatic carbocycles. The van der Waals surface area contributed by atoms with E-state index in [0.29, 0.717) is 26.3 Å². The SMILES string of the molecule is CC(C(=O)N1CCOCC(Cc2nccn3cccc23)C1)(c1ccccc1)c1ccccc1. The molecule has 1 amide bonds. The maximum atomic E-state index is 14.2. The number of carbonyl (C=O) groups excluding carboxylic acids is 1. The van der Waals surface area contributed by atoms with Crippen LogP contribution in [0.15, 0.2) is 91.4 Å². The first kappa shape index (κ1) is 21.4. The van der Waals surface area contributed by atoms with Gasteiger partial charge in [-0.3, -0.25) is 9.78 Å². The number of hydrogen-bond acceptors (Lipinski definition) is 3. The Bertz CT molecular complexity index is 1180. The Kier molecular flexibility index (Phi) is 5.97. The highest BCUT2D eigenvalue weighted by Crippen LogP contribution is 2.34. The molecule has 0 N–H and O–H groups in total. The third-order valence-corrected chi connectivity index (χ3v) is 6.77. The highest BCUT2D eigenvalue weighted by molar-refractivity contribution is 5.91. The van der Waals surface area contributed by atoms with E-state index in [1.165, 1.54) is 0 Å². The maximum Gasteiger partial charge on any atom is 0.237 e. The van der Waals surface area contributed by atoms with Gasteiger partial charge in [-0.25, -0.2) is 0 Å². The van der Waals surface area contributed by atoms with Gasteiger partial charge >= 0.3 is 0 Å². The van der Waals surface area contributed by atoms with Crippen molar-refractivity contribution in [2.75, 3.05) is 26.3 Å². The van der Waals surface area contributed by atoms with E-state index in [4.69, 9.17) is 4.74 Å². The van der Waals surface area contributed by atoms with Crippen molar-refractivity contribution >= 4 is 11.4 Å². The highest BCUT2D eigenvalue weighted by Gasteiger charge is 2.41. The van der Waals surface area contributed by atoms with Gasteiger partial charge in [0.05, 0.1) is 29.8 Å². The molecule has 0 saturated carbocycles. The lowest BCUT2D eigenvalue weighted by Gasteiger charge is -2.36. The normalized spacial score (nSPS) is 17.1. The lowest BCUT2D eigenvalue weighted by atomic mass is 9.75. The molecule has 1 aliphatic rings. The van der Waals surface area contributed by atoms with Gasteiger partial charge in [0.1, 0.15) is 0 Å². The average molecular weight is 440 g/mol. The monoisotopic (exact) mass is 439 g/mol. The molecule has 4 aromatic rings. The fraction of sp³-hybridized carbons (Fsp3) is 0.286. The molecule has 5 nitrogen and oxygen atoms in total. The van der Waals surface area contributed by atoms with Gasteiger partial charge in [0.15, 0.2) is 0 Å². The Hall–Kier alpha value is -3.44. The van der Waals surface area contributed by atoms with E-state index in [9.17, 15) is 4.79 Å². The van der Waals surface area contributed by atoms with Crippen molar-refractivity contribution in [3.05, 3.63) is 108 Å². The van der Waals surface area contributed by atoms with Gasteiger partial charge in [0.2, 0.25) is 5.91 Å². The number of carbonyl (C=O) groups is 1. The van der Waals surface area contributed by atoms with E-state index in [-0.39, 0.29) is 11.8 Å². The van der Waals surface area contributed by atoms with Gasteiger partial charge in [-0.05, 0) is 36.6 Å². The van der Waals surface area contributed by atoms with Gasteiger partial charge in [0.25, 0.3) is 0 Å². The molecule has 1 aliphatic heterocycles. The Labute approximate surface area is 194 Å². The van der Waals surface area contributed by atoms with Gasteiger partial charge in [0, 0.05) is 37.6 Å². The molecular formula is C28H29N3O2. The molecule has 5 rings (SSSR count). The summed E-state index contributed by atoms with van der Waals surface area (Å²) in [6, 6.07) is 24.3. The zero-order valence-electron chi connectivity index (χ0n) is 18.9. The summed E-state index contributed by atoms with van der Waals surface area (Å²) in [4.78, 5) is 20.8. The van der Waals surface area contributed by atoms with Crippen molar-refractivity contribution in [1.82, 2.24) is 14.3 Å². The molecule has 0 radical (unpaired) electrons. The smallest absolute Gasteiger partial charge is 0.237 e. The standard InChI is InChI=1S/C28H29N3O2/c1-28(23-9-4-2-5-10-23,24-11-6-3-7-12-24)27(32)31-17-18-33-21-22(20-31)19-25-26-13-8-15-30(26)16-14-29-25/h2-16,22H,17-21H2,1H3. The number of benzene rings is 2. The van der Waals surface area contributed by atoms with Crippen LogP contribution in [0.3, 0.4) is 0 Å². The lowest BCUT2D eigenvalue weighted by Crippen LogP contribution is -2.48. The van der Waals surface area contributed by atoms with Crippen LogP contribution in [0.5, 0.6) is 0 Å². The minimum Gasteiger partial charge on any atom is -0.379 e. The molecule has 2 aromatic carbocycles. The zero-order chi connectivity index (χ0) is 22.7. The molecule has 1 saturated heterocycles. The number of ether oxygens (including phenoxy) is 1. The van der Waals surface area contributed by atoms with Crippen LogP contribution in [0.1, 0.15) is 23.7 Å². The van der Waals surface area contributed by atoms with Crippen LogP contribution in [0.2, 0.25) is 0 Å². The van der Waals surface area contributed by atoms with Crippen molar-refractivity contribution < 1.29 is 9.53 Å². The molecule has 1 atom stereocenters. The van der Waals surface area contributed by atoms with Gasteiger partial charge in [-0.15, -0.1) is 0 Å². The van der Waals surface area contributed by atoms with E-state index >= 15 is 0 Å². The van der Waals surface area contributed by atoms with Crippen molar-refractivity contribution in [3.8, 4) is 0 Å². The Balaban J connectivity index is 1.45. The molecule has 0 bridgehead atoms. The first-order valence-corrected chi connectivity index (χ1v) is 11.5. The Morgan fingerprint density at radius 2 is 1.70 bits per heavy atom.